The normalized spacial score (nSPS) is 9.55. The van der Waals surface area contributed by atoms with Crippen LogP contribution in [-0.2, 0) is 4.79 Å². The van der Waals surface area contributed by atoms with Gasteiger partial charge in [-0.1, -0.05) is 37.6 Å². The van der Waals surface area contributed by atoms with E-state index in [2.05, 4.69) is 13.5 Å². The van der Waals surface area contributed by atoms with Crippen LogP contribution in [0.15, 0.2) is 12.7 Å². The first kappa shape index (κ1) is 10.8. The van der Waals surface area contributed by atoms with Crippen LogP contribution < -0.4 is 0 Å². The first-order valence-electron chi connectivity index (χ1n) is 4.07. The minimum Gasteiger partial charge on any atom is -0.287 e. The average Bonchev–Trinajstić information content (AvgIpc) is 2.01. The molecule has 0 spiro atoms. The summed E-state index contributed by atoms with van der Waals surface area (Å²) < 4.78 is 0. The predicted octanol–water partition coefficient (Wildman–Crippen LogP) is 3.01. The number of hydrogen-bond acceptors (Lipinski definition) is 2. The standard InChI is InChI=1S/C9H16OS/c1-3-5-6-7-9(10)11-8-4-2/h4H,2-3,5-8H2,1H3. The summed E-state index contributed by atoms with van der Waals surface area (Å²) in [5.41, 5.74) is 0. The van der Waals surface area contributed by atoms with E-state index in [0.717, 1.165) is 18.6 Å². The Morgan fingerprint density at radius 3 is 2.82 bits per heavy atom. The van der Waals surface area contributed by atoms with E-state index in [1.807, 2.05) is 0 Å². The molecule has 0 bridgehead atoms. The summed E-state index contributed by atoms with van der Waals surface area (Å²) in [7, 11) is 0. The zero-order valence-electron chi connectivity index (χ0n) is 7.14. The topological polar surface area (TPSA) is 17.1 Å². The molecular formula is C9H16OS. The molecule has 0 unspecified atom stereocenters. The van der Waals surface area contributed by atoms with E-state index in [-0.39, 0.29) is 0 Å². The molecule has 2 heteroatoms. The molecule has 0 aliphatic heterocycles. The smallest absolute Gasteiger partial charge is 0.189 e. The molecule has 1 nitrogen and oxygen atoms in total. The van der Waals surface area contributed by atoms with Crippen LogP contribution in [0.3, 0.4) is 0 Å². The molecule has 0 saturated heterocycles. The van der Waals surface area contributed by atoms with Crippen molar-refractivity contribution in [2.24, 2.45) is 0 Å². The fraction of sp³-hybridized carbons (Fsp3) is 0.667. The molecule has 0 aliphatic rings. The lowest BCUT2D eigenvalue weighted by Gasteiger charge is -1.96. The van der Waals surface area contributed by atoms with Crippen molar-refractivity contribution in [2.75, 3.05) is 5.75 Å². The quantitative estimate of drug-likeness (QED) is 0.452. The third kappa shape index (κ3) is 7.66. The Kier molecular flexibility index (Phi) is 7.69. The molecule has 0 aromatic rings. The molecule has 0 aromatic carbocycles. The van der Waals surface area contributed by atoms with Crippen LogP contribution in [0, 0.1) is 0 Å². The Bertz CT molecular complexity index is 121. The summed E-state index contributed by atoms with van der Waals surface area (Å²) in [5, 5.41) is 0.304. The third-order valence-corrected chi connectivity index (χ3v) is 2.28. The first-order chi connectivity index (χ1) is 5.31. The van der Waals surface area contributed by atoms with Crippen LogP contribution in [0.4, 0.5) is 0 Å². The highest BCUT2D eigenvalue weighted by atomic mass is 32.2. The highest BCUT2D eigenvalue weighted by Crippen LogP contribution is 2.09. The van der Waals surface area contributed by atoms with Gasteiger partial charge in [0.05, 0.1) is 0 Å². The molecule has 0 rings (SSSR count). The summed E-state index contributed by atoms with van der Waals surface area (Å²) in [4.78, 5) is 11.0. The maximum absolute atomic E-state index is 11.0. The molecule has 64 valence electrons. The highest BCUT2D eigenvalue weighted by Gasteiger charge is 1.99. The van der Waals surface area contributed by atoms with Crippen LogP contribution >= 0.6 is 11.8 Å². The molecule has 0 fully saturated rings. The van der Waals surface area contributed by atoms with Gasteiger partial charge in [-0.3, -0.25) is 4.79 Å². The Labute approximate surface area is 73.3 Å². The molecule has 0 heterocycles. The largest absolute Gasteiger partial charge is 0.287 e. The van der Waals surface area contributed by atoms with E-state index < -0.39 is 0 Å². The van der Waals surface area contributed by atoms with Gasteiger partial charge < -0.3 is 0 Å². The van der Waals surface area contributed by atoms with E-state index >= 15 is 0 Å². The van der Waals surface area contributed by atoms with Crippen molar-refractivity contribution in [2.45, 2.75) is 32.6 Å². The molecular weight excluding hydrogens is 156 g/mol. The van der Waals surface area contributed by atoms with Crippen molar-refractivity contribution in [1.82, 2.24) is 0 Å². The Hall–Kier alpha value is -0.240. The summed E-state index contributed by atoms with van der Waals surface area (Å²) in [5.74, 6) is 0.755. The van der Waals surface area contributed by atoms with Crippen LogP contribution in [0.5, 0.6) is 0 Å². The van der Waals surface area contributed by atoms with Crippen molar-refractivity contribution < 1.29 is 4.79 Å². The lowest BCUT2D eigenvalue weighted by Crippen LogP contribution is -1.91. The second kappa shape index (κ2) is 7.86. The lowest BCUT2D eigenvalue weighted by molar-refractivity contribution is -0.111. The van der Waals surface area contributed by atoms with Gasteiger partial charge >= 0.3 is 0 Å². The van der Waals surface area contributed by atoms with Gasteiger partial charge in [0.15, 0.2) is 5.12 Å². The third-order valence-electron chi connectivity index (χ3n) is 1.35. The van der Waals surface area contributed by atoms with E-state index in [4.69, 9.17) is 0 Å². The fourth-order valence-corrected chi connectivity index (χ4v) is 1.34. The number of unbranched alkanes of at least 4 members (excludes halogenated alkanes) is 2. The van der Waals surface area contributed by atoms with Gasteiger partial charge in [-0.15, -0.1) is 6.58 Å². The van der Waals surface area contributed by atoms with Gasteiger partial charge in [0.25, 0.3) is 0 Å². The van der Waals surface area contributed by atoms with E-state index in [1.165, 1.54) is 24.6 Å². The van der Waals surface area contributed by atoms with Gasteiger partial charge in [-0.05, 0) is 6.42 Å². The van der Waals surface area contributed by atoms with Crippen molar-refractivity contribution in [1.29, 1.82) is 0 Å². The van der Waals surface area contributed by atoms with Gasteiger partial charge in [0.1, 0.15) is 0 Å². The number of hydrogen-bond donors (Lipinski definition) is 0. The minimum atomic E-state index is 0.304. The summed E-state index contributed by atoms with van der Waals surface area (Å²) in [6, 6.07) is 0. The molecule has 0 saturated carbocycles. The Morgan fingerprint density at radius 2 is 2.27 bits per heavy atom. The molecule has 0 aromatic heterocycles. The van der Waals surface area contributed by atoms with E-state index in [9.17, 15) is 4.79 Å². The average molecular weight is 172 g/mol. The fourth-order valence-electron chi connectivity index (χ4n) is 0.743. The molecule has 0 atom stereocenters. The van der Waals surface area contributed by atoms with Crippen molar-refractivity contribution in [3.8, 4) is 0 Å². The molecule has 0 radical (unpaired) electrons. The molecule has 0 N–H and O–H groups in total. The maximum Gasteiger partial charge on any atom is 0.189 e. The van der Waals surface area contributed by atoms with Crippen LogP contribution in [0.25, 0.3) is 0 Å². The van der Waals surface area contributed by atoms with E-state index in [0.29, 0.717) is 5.12 Å². The SMILES string of the molecule is C=CCSC(=O)CCCCC. The van der Waals surface area contributed by atoms with Crippen LogP contribution in [0.2, 0.25) is 0 Å². The van der Waals surface area contributed by atoms with Crippen molar-refractivity contribution in [3.63, 3.8) is 0 Å². The van der Waals surface area contributed by atoms with Crippen LogP contribution in [0.1, 0.15) is 32.6 Å². The Morgan fingerprint density at radius 1 is 1.55 bits per heavy atom. The zero-order chi connectivity index (χ0) is 8.53. The first-order valence-corrected chi connectivity index (χ1v) is 5.06. The van der Waals surface area contributed by atoms with Gasteiger partial charge in [0, 0.05) is 12.2 Å². The molecule has 0 amide bonds. The van der Waals surface area contributed by atoms with E-state index in [1.54, 1.807) is 6.08 Å². The van der Waals surface area contributed by atoms with Crippen molar-refractivity contribution in [3.05, 3.63) is 12.7 Å². The summed E-state index contributed by atoms with van der Waals surface area (Å²) >= 11 is 1.37. The van der Waals surface area contributed by atoms with Crippen molar-refractivity contribution >= 4 is 16.9 Å². The summed E-state index contributed by atoms with van der Waals surface area (Å²) in [6.45, 7) is 5.70. The maximum atomic E-state index is 11.0. The number of carbonyl (C=O) groups excluding carboxylic acids is 1. The van der Waals surface area contributed by atoms with Gasteiger partial charge in [0.2, 0.25) is 0 Å². The number of carbonyl (C=O) groups is 1. The van der Waals surface area contributed by atoms with Crippen LogP contribution in [-0.4, -0.2) is 10.9 Å². The second-order valence-electron chi connectivity index (χ2n) is 2.43. The molecule has 11 heavy (non-hydrogen) atoms. The zero-order valence-corrected chi connectivity index (χ0v) is 7.95. The Balaban J connectivity index is 3.15. The highest BCUT2D eigenvalue weighted by molar-refractivity contribution is 8.13. The number of thioether (sulfide) groups is 1. The second-order valence-corrected chi connectivity index (χ2v) is 3.51. The molecule has 0 aliphatic carbocycles. The summed E-state index contributed by atoms with van der Waals surface area (Å²) in [6.07, 6.45) is 5.88. The lowest BCUT2D eigenvalue weighted by atomic mass is 10.2. The monoisotopic (exact) mass is 172 g/mol. The predicted molar refractivity (Wildman–Crippen MR) is 51.8 cm³/mol. The van der Waals surface area contributed by atoms with Gasteiger partial charge in [-0.2, -0.15) is 0 Å². The van der Waals surface area contributed by atoms with Gasteiger partial charge in [-0.25, -0.2) is 0 Å². The minimum absolute atomic E-state index is 0.304. The number of rotatable bonds is 6.